The van der Waals surface area contributed by atoms with E-state index in [2.05, 4.69) is 65.6 Å². The van der Waals surface area contributed by atoms with Crippen molar-refractivity contribution in [3.05, 3.63) is 83.6 Å². The van der Waals surface area contributed by atoms with Gasteiger partial charge in [0.1, 0.15) is 17.8 Å². The molecule has 5 aromatic rings. The van der Waals surface area contributed by atoms with E-state index in [4.69, 9.17) is 0 Å². The zero-order valence-corrected chi connectivity index (χ0v) is 17.8. The van der Waals surface area contributed by atoms with Gasteiger partial charge in [-0.05, 0) is 23.3 Å². The van der Waals surface area contributed by atoms with Crippen LogP contribution in [-0.2, 0) is 13.6 Å². The highest BCUT2D eigenvalue weighted by Crippen LogP contribution is 2.23. The van der Waals surface area contributed by atoms with E-state index < -0.39 is 0 Å². The number of halogens is 1. The van der Waals surface area contributed by atoms with Crippen LogP contribution in [0.15, 0.2) is 78.1 Å². The van der Waals surface area contributed by atoms with Crippen molar-refractivity contribution in [2.24, 2.45) is 7.05 Å². The summed E-state index contributed by atoms with van der Waals surface area (Å²) in [5.41, 5.74) is 6.02. The highest BCUT2D eigenvalue weighted by Gasteiger charge is 2.09. The van der Waals surface area contributed by atoms with Crippen LogP contribution in [0.3, 0.4) is 0 Å². The smallest absolute Gasteiger partial charge is 0.138 e. The van der Waals surface area contributed by atoms with Gasteiger partial charge in [0.15, 0.2) is 0 Å². The number of aryl methyl sites for hydroxylation is 1. The van der Waals surface area contributed by atoms with Gasteiger partial charge in [0.05, 0.1) is 23.8 Å². The van der Waals surface area contributed by atoms with Gasteiger partial charge in [0.25, 0.3) is 0 Å². The number of rotatable bonds is 5. The zero-order chi connectivity index (χ0) is 20.5. The van der Waals surface area contributed by atoms with Crippen LogP contribution in [0.2, 0.25) is 0 Å². The number of nitrogens with one attached hydrogen (secondary N) is 1. The van der Waals surface area contributed by atoms with Gasteiger partial charge < -0.3 is 5.32 Å². The van der Waals surface area contributed by atoms with Crippen molar-refractivity contribution in [2.75, 3.05) is 5.32 Å². The van der Waals surface area contributed by atoms with E-state index in [9.17, 15) is 0 Å². The Balaban J connectivity index is 1.32. The summed E-state index contributed by atoms with van der Waals surface area (Å²) in [6.45, 7) is 0.671. The van der Waals surface area contributed by atoms with Crippen molar-refractivity contribution in [3.8, 4) is 22.5 Å². The lowest BCUT2D eigenvalue weighted by atomic mass is 10.1. The molecule has 0 fully saturated rings. The lowest BCUT2D eigenvalue weighted by molar-refractivity contribution is 0.768. The first-order valence-electron chi connectivity index (χ1n) is 9.42. The number of fused-ring (bicyclic) bond motifs is 1. The van der Waals surface area contributed by atoms with Gasteiger partial charge >= 0.3 is 0 Å². The quantitative estimate of drug-likeness (QED) is 0.416. The van der Waals surface area contributed by atoms with Crippen molar-refractivity contribution in [1.29, 1.82) is 0 Å². The van der Waals surface area contributed by atoms with Crippen LogP contribution in [0.4, 0.5) is 5.82 Å². The second-order valence-corrected chi connectivity index (χ2v) is 7.87. The van der Waals surface area contributed by atoms with Crippen molar-refractivity contribution in [3.63, 3.8) is 0 Å². The molecule has 5 rings (SSSR count). The van der Waals surface area contributed by atoms with Gasteiger partial charge in [-0.2, -0.15) is 5.10 Å². The summed E-state index contributed by atoms with van der Waals surface area (Å²) in [4.78, 5) is 13.2. The first-order chi connectivity index (χ1) is 14.7. The first-order valence-corrected chi connectivity index (χ1v) is 10.2. The molecule has 4 heterocycles. The molecule has 0 atom stereocenters. The second-order valence-electron chi connectivity index (χ2n) is 6.96. The second kappa shape index (κ2) is 7.72. The minimum Gasteiger partial charge on any atom is -0.366 e. The maximum atomic E-state index is 4.46. The molecule has 0 saturated carbocycles. The molecule has 0 aliphatic rings. The van der Waals surface area contributed by atoms with Crippen LogP contribution in [0.25, 0.3) is 28.2 Å². The number of nitrogens with zero attached hydrogens (tertiary/aromatic N) is 6. The average molecular weight is 460 g/mol. The van der Waals surface area contributed by atoms with Gasteiger partial charge in [-0.25, -0.2) is 15.0 Å². The van der Waals surface area contributed by atoms with Gasteiger partial charge in [0, 0.05) is 42.1 Å². The topological polar surface area (TPSA) is 72.9 Å². The molecule has 8 heteroatoms. The molecule has 1 N–H and O–H groups in total. The van der Waals surface area contributed by atoms with Gasteiger partial charge in [0.2, 0.25) is 0 Å². The van der Waals surface area contributed by atoms with E-state index in [0.29, 0.717) is 6.54 Å². The van der Waals surface area contributed by atoms with Crippen LogP contribution in [0.1, 0.15) is 5.56 Å². The Bertz CT molecular complexity index is 1320. The average Bonchev–Trinajstić information content (AvgIpc) is 3.39. The number of hydrogen-bond donors (Lipinski definition) is 1. The Morgan fingerprint density at radius 3 is 2.63 bits per heavy atom. The fourth-order valence-electron chi connectivity index (χ4n) is 3.32. The molecule has 0 unspecified atom stereocenters. The number of anilines is 1. The lowest BCUT2D eigenvalue weighted by Gasteiger charge is -2.08. The maximum absolute atomic E-state index is 4.46. The molecular formula is C22H18BrN7. The number of benzene rings is 1. The standard InChI is InChI=1S/C22H18BrN7/c1-29-13-17(11-28-29)16-4-2-15(3-5-16)10-24-21-9-19(26-14-27-21)20-12-25-22-8-18(23)6-7-30(20)22/h2-9,11-14H,10H2,1H3,(H,24,26,27). The van der Waals surface area contributed by atoms with Crippen LogP contribution < -0.4 is 5.32 Å². The van der Waals surface area contributed by atoms with Crippen molar-refractivity contribution in [2.45, 2.75) is 6.54 Å². The molecular weight excluding hydrogens is 442 g/mol. The summed E-state index contributed by atoms with van der Waals surface area (Å²) in [7, 11) is 1.92. The molecule has 0 saturated heterocycles. The SMILES string of the molecule is Cn1cc(-c2ccc(CNc3cc(-c4cnc5cc(Br)ccn45)ncn3)cc2)cn1. The summed E-state index contributed by atoms with van der Waals surface area (Å²) in [5, 5.41) is 7.60. The molecule has 0 amide bonds. The Kier molecular flexibility index (Phi) is 4.76. The Labute approximate surface area is 181 Å². The monoisotopic (exact) mass is 459 g/mol. The van der Waals surface area contributed by atoms with E-state index in [1.807, 2.05) is 54.4 Å². The Hall–Kier alpha value is -3.52. The van der Waals surface area contributed by atoms with Gasteiger partial charge in [-0.1, -0.05) is 40.2 Å². The third kappa shape index (κ3) is 3.69. The van der Waals surface area contributed by atoms with Gasteiger partial charge in [-0.15, -0.1) is 0 Å². The fourth-order valence-corrected chi connectivity index (χ4v) is 3.64. The number of pyridine rings is 1. The zero-order valence-electron chi connectivity index (χ0n) is 16.2. The fraction of sp³-hybridized carbons (Fsp3) is 0.0909. The largest absolute Gasteiger partial charge is 0.366 e. The molecule has 0 aliphatic heterocycles. The molecule has 1 aromatic carbocycles. The molecule has 30 heavy (non-hydrogen) atoms. The third-order valence-electron chi connectivity index (χ3n) is 4.87. The Morgan fingerprint density at radius 1 is 0.967 bits per heavy atom. The molecule has 0 radical (unpaired) electrons. The number of imidazole rings is 1. The normalized spacial score (nSPS) is 11.1. The van der Waals surface area contributed by atoms with Crippen LogP contribution in [0.5, 0.6) is 0 Å². The lowest BCUT2D eigenvalue weighted by Crippen LogP contribution is -2.02. The van der Waals surface area contributed by atoms with Crippen molar-refractivity contribution < 1.29 is 0 Å². The van der Waals surface area contributed by atoms with Crippen LogP contribution >= 0.6 is 15.9 Å². The van der Waals surface area contributed by atoms with Gasteiger partial charge in [-0.3, -0.25) is 9.08 Å². The van der Waals surface area contributed by atoms with Crippen molar-refractivity contribution >= 4 is 27.4 Å². The Morgan fingerprint density at radius 2 is 1.83 bits per heavy atom. The van der Waals surface area contributed by atoms with E-state index in [1.165, 1.54) is 5.56 Å². The van der Waals surface area contributed by atoms with Crippen molar-refractivity contribution in [1.82, 2.24) is 29.1 Å². The summed E-state index contributed by atoms with van der Waals surface area (Å²) in [5.74, 6) is 0.767. The molecule has 4 aromatic heterocycles. The maximum Gasteiger partial charge on any atom is 0.138 e. The number of hydrogen-bond acceptors (Lipinski definition) is 5. The molecule has 0 spiro atoms. The van der Waals surface area contributed by atoms with E-state index in [-0.39, 0.29) is 0 Å². The van der Waals surface area contributed by atoms with E-state index in [0.717, 1.165) is 38.5 Å². The summed E-state index contributed by atoms with van der Waals surface area (Å²) in [6, 6.07) is 14.3. The minimum absolute atomic E-state index is 0.671. The first kappa shape index (κ1) is 18.5. The highest BCUT2D eigenvalue weighted by molar-refractivity contribution is 9.10. The molecule has 0 aliphatic carbocycles. The summed E-state index contributed by atoms with van der Waals surface area (Å²) >= 11 is 3.48. The van der Waals surface area contributed by atoms with Crippen LogP contribution in [0, 0.1) is 0 Å². The summed E-state index contributed by atoms with van der Waals surface area (Å²) < 4.78 is 4.81. The predicted molar refractivity (Wildman–Crippen MR) is 120 cm³/mol. The predicted octanol–water partition coefficient (Wildman–Crippen LogP) is 4.57. The third-order valence-corrected chi connectivity index (χ3v) is 5.36. The van der Waals surface area contributed by atoms with E-state index in [1.54, 1.807) is 11.0 Å². The summed E-state index contributed by atoms with van der Waals surface area (Å²) in [6.07, 6.45) is 9.25. The van der Waals surface area contributed by atoms with E-state index >= 15 is 0 Å². The van der Waals surface area contributed by atoms with Crippen LogP contribution in [-0.4, -0.2) is 29.1 Å². The molecule has 148 valence electrons. The molecule has 0 bridgehead atoms. The highest BCUT2D eigenvalue weighted by atomic mass is 79.9. The molecule has 7 nitrogen and oxygen atoms in total. The number of aromatic nitrogens is 6. The minimum atomic E-state index is 0.671.